The van der Waals surface area contributed by atoms with E-state index >= 15 is 0 Å². The summed E-state index contributed by atoms with van der Waals surface area (Å²) in [5, 5.41) is 11.8. The fraction of sp³-hybridized carbons (Fsp3) is 0. The maximum absolute atomic E-state index is 8.77. The maximum Gasteiger partial charge on any atom is 0.101 e. The van der Waals surface area contributed by atoms with E-state index in [0.717, 1.165) is 16.8 Å². The van der Waals surface area contributed by atoms with Crippen molar-refractivity contribution in [3.8, 4) is 6.07 Å². The summed E-state index contributed by atoms with van der Waals surface area (Å²) in [4.78, 5) is 0. The molecule has 0 spiro atoms. The van der Waals surface area contributed by atoms with Crippen LogP contribution in [0.5, 0.6) is 0 Å². The topological polar surface area (TPSA) is 35.8 Å². The maximum atomic E-state index is 8.77. The lowest BCUT2D eigenvalue weighted by atomic mass is 9.97. The van der Waals surface area contributed by atoms with Gasteiger partial charge in [-0.05, 0) is 11.6 Å². The Kier molecular flexibility index (Phi) is 1.64. The lowest BCUT2D eigenvalue weighted by molar-refractivity contribution is 1.43. The summed E-state index contributed by atoms with van der Waals surface area (Å²) in [5.41, 5.74) is 3.39. The third-order valence-corrected chi connectivity index (χ3v) is 2.07. The summed E-state index contributed by atoms with van der Waals surface area (Å²) < 4.78 is 0. The van der Waals surface area contributed by atoms with E-state index in [9.17, 15) is 0 Å². The Bertz CT molecular complexity index is 436. The van der Waals surface area contributed by atoms with Crippen LogP contribution in [0.1, 0.15) is 5.56 Å². The first kappa shape index (κ1) is 7.63. The van der Waals surface area contributed by atoms with E-state index in [1.54, 1.807) is 6.20 Å². The molecule has 2 nitrogen and oxygen atoms in total. The zero-order valence-corrected chi connectivity index (χ0v) is 7.04. The number of anilines is 1. The summed E-state index contributed by atoms with van der Waals surface area (Å²) in [6.45, 7) is 3.88. The van der Waals surface area contributed by atoms with Gasteiger partial charge in [-0.2, -0.15) is 5.26 Å². The SMILES string of the molecule is C=C1C(C#N)=CNc2ccccc21. The van der Waals surface area contributed by atoms with Gasteiger partial charge in [0, 0.05) is 17.5 Å². The second-order valence-corrected chi connectivity index (χ2v) is 2.84. The summed E-state index contributed by atoms with van der Waals surface area (Å²) >= 11 is 0. The van der Waals surface area contributed by atoms with Gasteiger partial charge in [-0.3, -0.25) is 0 Å². The van der Waals surface area contributed by atoms with E-state index in [0.29, 0.717) is 5.57 Å². The minimum atomic E-state index is 0.596. The van der Waals surface area contributed by atoms with Gasteiger partial charge in [0.15, 0.2) is 0 Å². The lowest BCUT2D eigenvalue weighted by Crippen LogP contribution is -2.02. The highest BCUT2D eigenvalue weighted by atomic mass is 14.9. The van der Waals surface area contributed by atoms with Gasteiger partial charge >= 0.3 is 0 Å². The number of benzene rings is 1. The Morgan fingerprint density at radius 3 is 2.85 bits per heavy atom. The minimum Gasteiger partial charge on any atom is -0.360 e. The third-order valence-electron chi connectivity index (χ3n) is 2.07. The van der Waals surface area contributed by atoms with Crippen LogP contribution in [0, 0.1) is 11.3 Å². The second-order valence-electron chi connectivity index (χ2n) is 2.84. The summed E-state index contributed by atoms with van der Waals surface area (Å²) in [6, 6.07) is 9.90. The highest BCUT2D eigenvalue weighted by molar-refractivity contribution is 5.90. The van der Waals surface area contributed by atoms with Gasteiger partial charge in [0.05, 0.1) is 5.57 Å². The Balaban J connectivity index is 2.55. The Morgan fingerprint density at radius 1 is 1.31 bits per heavy atom. The standard InChI is InChI=1S/C11H8N2/c1-8-9(6-12)7-13-11-5-3-2-4-10(8)11/h2-5,7,13H,1H2. The molecular weight excluding hydrogens is 160 g/mol. The molecule has 0 saturated heterocycles. The van der Waals surface area contributed by atoms with Crippen molar-refractivity contribution < 1.29 is 0 Å². The van der Waals surface area contributed by atoms with Crippen molar-refractivity contribution in [2.24, 2.45) is 0 Å². The molecule has 1 aliphatic heterocycles. The molecule has 0 unspecified atom stereocenters. The number of nitrogens with one attached hydrogen (secondary N) is 1. The molecule has 1 aromatic carbocycles. The van der Waals surface area contributed by atoms with Gasteiger partial charge in [0.2, 0.25) is 0 Å². The van der Waals surface area contributed by atoms with Gasteiger partial charge < -0.3 is 5.32 Å². The van der Waals surface area contributed by atoms with Gasteiger partial charge in [0.25, 0.3) is 0 Å². The smallest absolute Gasteiger partial charge is 0.101 e. The van der Waals surface area contributed by atoms with Gasteiger partial charge in [-0.1, -0.05) is 24.8 Å². The molecule has 1 aromatic rings. The molecule has 2 heteroatoms. The Labute approximate surface area is 76.8 Å². The number of para-hydroxylation sites is 1. The van der Waals surface area contributed by atoms with E-state index < -0.39 is 0 Å². The predicted molar refractivity (Wildman–Crippen MR) is 52.8 cm³/mol. The highest BCUT2D eigenvalue weighted by Crippen LogP contribution is 2.31. The summed E-state index contributed by atoms with van der Waals surface area (Å²) in [6.07, 6.45) is 1.69. The predicted octanol–water partition coefficient (Wildman–Crippen LogP) is 2.53. The Hall–Kier alpha value is -2.01. The van der Waals surface area contributed by atoms with Crippen molar-refractivity contribution in [1.29, 1.82) is 5.26 Å². The molecule has 0 bridgehead atoms. The fourth-order valence-corrected chi connectivity index (χ4v) is 1.35. The van der Waals surface area contributed by atoms with E-state index in [1.165, 1.54) is 0 Å². The Morgan fingerprint density at radius 2 is 2.08 bits per heavy atom. The van der Waals surface area contributed by atoms with Crippen LogP contribution in [0.15, 0.2) is 42.6 Å². The van der Waals surface area contributed by atoms with E-state index in [4.69, 9.17) is 5.26 Å². The van der Waals surface area contributed by atoms with E-state index in [1.807, 2.05) is 24.3 Å². The van der Waals surface area contributed by atoms with Crippen molar-refractivity contribution in [2.45, 2.75) is 0 Å². The van der Waals surface area contributed by atoms with Crippen LogP contribution in [0.4, 0.5) is 5.69 Å². The fourth-order valence-electron chi connectivity index (χ4n) is 1.35. The quantitative estimate of drug-likeness (QED) is 0.646. The third kappa shape index (κ3) is 1.11. The van der Waals surface area contributed by atoms with Gasteiger partial charge in [0.1, 0.15) is 6.07 Å². The van der Waals surface area contributed by atoms with Gasteiger partial charge in [-0.15, -0.1) is 0 Å². The number of nitrogens with zero attached hydrogens (tertiary/aromatic N) is 1. The average molecular weight is 168 g/mol. The number of rotatable bonds is 0. The molecule has 0 atom stereocenters. The van der Waals surface area contributed by atoms with E-state index in [2.05, 4.69) is 18.0 Å². The molecule has 1 N–H and O–H groups in total. The van der Waals surface area contributed by atoms with Crippen molar-refractivity contribution in [3.05, 3.63) is 48.2 Å². The van der Waals surface area contributed by atoms with Gasteiger partial charge in [-0.25, -0.2) is 0 Å². The lowest BCUT2D eigenvalue weighted by Gasteiger charge is -2.16. The minimum absolute atomic E-state index is 0.596. The van der Waals surface area contributed by atoms with Crippen molar-refractivity contribution >= 4 is 11.3 Å². The molecule has 0 radical (unpaired) electrons. The van der Waals surface area contributed by atoms with Crippen LogP contribution in [0.3, 0.4) is 0 Å². The summed E-state index contributed by atoms with van der Waals surface area (Å²) in [5.74, 6) is 0. The largest absolute Gasteiger partial charge is 0.360 e. The number of nitriles is 1. The summed E-state index contributed by atoms with van der Waals surface area (Å²) in [7, 11) is 0. The molecule has 13 heavy (non-hydrogen) atoms. The van der Waals surface area contributed by atoms with Crippen LogP contribution < -0.4 is 5.32 Å². The average Bonchev–Trinajstić information content (AvgIpc) is 2.19. The highest BCUT2D eigenvalue weighted by Gasteiger charge is 2.13. The first-order chi connectivity index (χ1) is 6.33. The molecule has 0 aliphatic carbocycles. The molecule has 1 aliphatic rings. The first-order valence-electron chi connectivity index (χ1n) is 3.98. The number of hydrogen-bond acceptors (Lipinski definition) is 2. The number of hydrogen-bond donors (Lipinski definition) is 1. The zero-order chi connectivity index (χ0) is 9.26. The number of fused-ring (bicyclic) bond motifs is 1. The van der Waals surface area contributed by atoms with E-state index in [-0.39, 0.29) is 0 Å². The molecule has 2 rings (SSSR count). The molecule has 1 heterocycles. The second kappa shape index (κ2) is 2.80. The monoisotopic (exact) mass is 168 g/mol. The van der Waals surface area contributed by atoms with Crippen LogP contribution in [0.25, 0.3) is 5.57 Å². The molecular formula is C11H8N2. The first-order valence-corrected chi connectivity index (χ1v) is 3.98. The van der Waals surface area contributed by atoms with Crippen LogP contribution in [0.2, 0.25) is 0 Å². The molecule has 62 valence electrons. The van der Waals surface area contributed by atoms with Crippen molar-refractivity contribution in [1.82, 2.24) is 0 Å². The molecule has 0 aromatic heterocycles. The van der Waals surface area contributed by atoms with Crippen molar-refractivity contribution in [3.63, 3.8) is 0 Å². The molecule has 0 amide bonds. The van der Waals surface area contributed by atoms with Crippen LogP contribution in [-0.4, -0.2) is 0 Å². The van der Waals surface area contributed by atoms with Crippen molar-refractivity contribution in [2.75, 3.05) is 5.32 Å². The molecule has 0 fully saturated rings. The normalized spacial score (nSPS) is 13.8. The number of allylic oxidation sites excluding steroid dienone is 2. The van der Waals surface area contributed by atoms with Crippen LogP contribution in [-0.2, 0) is 0 Å². The molecule has 0 saturated carbocycles. The zero-order valence-electron chi connectivity index (χ0n) is 7.04. The van der Waals surface area contributed by atoms with Crippen LogP contribution >= 0.6 is 0 Å².